The molecule has 1 heterocycles. The van der Waals surface area contributed by atoms with Crippen molar-refractivity contribution in [3.8, 4) is 0 Å². The van der Waals surface area contributed by atoms with Crippen molar-refractivity contribution >= 4 is 23.2 Å². The SMILES string of the molecule is COC(=O)c1ccc(C(=O)NC2CCC(C)CC2)s1. The van der Waals surface area contributed by atoms with Crippen LogP contribution in [-0.2, 0) is 4.74 Å². The molecule has 1 aromatic rings. The van der Waals surface area contributed by atoms with Gasteiger partial charge in [-0.2, -0.15) is 0 Å². The Morgan fingerprint density at radius 2 is 1.84 bits per heavy atom. The third kappa shape index (κ3) is 3.56. The molecule has 2 rings (SSSR count). The minimum Gasteiger partial charge on any atom is -0.465 e. The fraction of sp³-hybridized carbons (Fsp3) is 0.571. The van der Waals surface area contributed by atoms with Gasteiger partial charge in [0.1, 0.15) is 4.88 Å². The normalized spacial score (nSPS) is 22.8. The van der Waals surface area contributed by atoms with E-state index in [-0.39, 0.29) is 11.9 Å². The number of hydrogen-bond acceptors (Lipinski definition) is 4. The lowest BCUT2D eigenvalue weighted by Crippen LogP contribution is -2.36. The molecule has 1 aliphatic carbocycles. The van der Waals surface area contributed by atoms with E-state index in [0.717, 1.165) is 18.8 Å². The third-order valence-electron chi connectivity index (χ3n) is 3.57. The number of hydrogen-bond donors (Lipinski definition) is 1. The van der Waals surface area contributed by atoms with E-state index in [1.54, 1.807) is 12.1 Å². The smallest absolute Gasteiger partial charge is 0.348 e. The molecule has 1 fully saturated rings. The van der Waals surface area contributed by atoms with Crippen LogP contribution >= 0.6 is 11.3 Å². The molecule has 1 aromatic heterocycles. The van der Waals surface area contributed by atoms with Crippen LogP contribution in [0.15, 0.2) is 12.1 Å². The molecule has 0 unspecified atom stereocenters. The number of ether oxygens (including phenoxy) is 1. The maximum Gasteiger partial charge on any atom is 0.348 e. The largest absolute Gasteiger partial charge is 0.465 e. The predicted octanol–water partition coefficient (Wildman–Crippen LogP) is 2.84. The quantitative estimate of drug-likeness (QED) is 0.867. The first kappa shape index (κ1) is 14.1. The fourth-order valence-electron chi connectivity index (χ4n) is 2.33. The van der Waals surface area contributed by atoms with E-state index in [4.69, 9.17) is 0 Å². The number of carbonyl (C=O) groups excluding carboxylic acids is 2. The van der Waals surface area contributed by atoms with Crippen LogP contribution in [0.1, 0.15) is 52.0 Å². The highest BCUT2D eigenvalue weighted by Gasteiger charge is 2.21. The minimum atomic E-state index is -0.393. The van der Waals surface area contributed by atoms with Crippen LogP contribution in [0.2, 0.25) is 0 Å². The lowest BCUT2D eigenvalue weighted by Gasteiger charge is -2.26. The highest BCUT2D eigenvalue weighted by atomic mass is 32.1. The molecule has 1 amide bonds. The van der Waals surface area contributed by atoms with Crippen LogP contribution in [0.4, 0.5) is 0 Å². The summed E-state index contributed by atoms with van der Waals surface area (Å²) < 4.78 is 4.63. The number of thiophene rings is 1. The average molecular weight is 281 g/mol. The van der Waals surface area contributed by atoms with Crippen molar-refractivity contribution in [3.05, 3.63) is 21.9 Å². The molecular formula is C14H19NO3S. The Labute approximate surface area is 117 Å². The van der Waals surface area contributed by atoms with Gasteiger partial charge in [0.15, 0.2) is 0 Å². The molecule has 1 aliphatic rings. The van der Waals surface area contributed by atoms with Gasteiger partial charge in [-0.3, -0.25) is 4.79 Å². The zero-order valence-electron chi connectivity index (χ0n) is 11.3. The summed E-state index contributed by atoms with van der Waals surface area (Å²) in [6, 6.07) is 3.58. The minimum absolute atomic E-state index is 0.0836. The summed E-state index contributed by atoms with van der Waals surface area (Å²) >= 11 is 1.18. The van der Waals surface area contributed by atoms with Gasteiger partial charge in [0.2, 0.25) is 0 Å². The van der Waals surface area contributed by atoms with Crippen molar-refractivity contribution in [1.29, 1.82) is 0 Å². The molecular weight excluding hydrogens is 262 g/mol. The van der Waals surface area contributed by atoms with Gasteiger partial charge in [-0.15, -0.1) is 11.3 Å². The number of rotatable bonds is 3. The van der Waals surface area contributed by atoms with Crippen LogP contribution in [0.5, 0.6) is 0 Å². The summed E-state index contributed by atoms with van der Waals surface area (Å²) in [6.45, 7) is 2.25. The Morgan fingerprint density at radius 1 is 1.21 bits per heavy atom. The Kier molecular flexibility index (Phi) is 4.58. The van der Waals surface area contributed by atoms with E-state index >= 15 is 0 Å². The number of esters is 1. The Morgan fingerprint density at radius 3 is 2.47 bits per heavy atom. The van der Waals surface area contributed by atoms with Crippen molar-refractivity contribution in [2.24, 2.45) is 5.92 Å². The third-order valence-corrected chi connectivity index (χ3v) is 4.63. The Balaban J connectivity index is 1.93. The molecule has 104 valence electrons. The first-order valence-corrected chi connectivity index (χ1v) is 7.41. The summed E-state index contributed by atoms with van der Waals surface area (Å²) in [5.74, 6) is 0.288. The van der Waals surface area contributed by atoms with Crippen LogP contribution < -0.4 is 5.32 Å². The van der Waals surface area contributed by atoms with Crippen LogP contribution in [0.25, 0.3) is 0 Å². The predicted molar refractivity (Wildman–Crippen MR) is 74.5 cm³/mol. The van der Waals surface area contributed by atoms with Gasteiger partial charge in [-0.1, -0.05) is 6.92 Å². The molecule has 0 radical (unpaired) electrons. The molecule has 0 aliphatic heterocycles. The number of nitrogens with one attached hydrogen (secondary N) is 1. The Hall–Kier alpha value is -1.36. The lowest BCUT2D eigenvalue weighted by molar-refractivity contribution is 0.0606. The van der Waals surface area contributed by atoms with Crippen molar-refractivity contribution < 1.29 is 14.3 Å². The van der Waals surface area contributed by atoms with Gasteiger partial charge in [0, 0.05) is 6.04 Å². The zero-order chi connectivity index (χ0) is 13.8. The standard InChI is InChI=1S/C14H19NO3S/c1-9-3-5-10(6-4-9)15-13(16)11-7-8-12(19-11)14(17)18-2/h7-10H,3-6H2,1-2H3,(H,15,16). The van der Waals surface area contributed by atoms with Gasteiger partial charge in [0.05, 0.1) is 12.0 Å². The maximum absolute atomic E-state index is 12.1. The molecule has 1 saturated carbocycles. The second kappa shape index (κ2) is 6.19. The molecule has 19 heavy (non-hydrogen) atoms. The van der Waals surface area contributed by atoms with E-state index in [1.807, 2.05) is 0 Å². The van der Waals surface area contributed by atoms with E-state index in [1.165, 1.54) is 31.3 Å². The summed E-state index contributed by atoms with van der Waals surface area (Å²) in [6.07, 6.45) is 4.43. The van der Waals surface area contributed by atoms with Crippen LogP contribution in [0, 0.1) is 5.92 Å². The summed E-state index contributed by atoms with van der Waals surface area (Å²) in [7, 11) is 1.34. The fourth-order valence-corrected chi connectivity index (χ4v) is 3.16. The first-order chi connectivity index (χ1) is 9.10. The van der Waals surface area contributed by atoms with Gasteiger partial charge in [-0.05, 0) is 43.7 Å². The van der Waals surface area contributed by atoms with Gasteiger partial charge >= 0.3 is 5.97 Å². The summed E-state index contributed by atoms with van der Waals surface area (Å²) in [4.78, 5) is 24.4. The van der Waals surface area contributed by atoms with Crippen LogP contribution in [0.3, 0.4) is 0 Å². The highest BCUT2D eigenvalue weighted by Crippen LogP contribution is 2.24. The van der Waals surface area contributed by atoms with Crippen LogP contribution in [-0.4, -0.2) is 25.0 Å². The van der Waals surface area contributed by atoms with E-state index in [0.29, 0.717) is 9.75 Å². The van der Waals surface area contributed by atoms with Gasteiger partial charge < -0.3 is 10.1 Å². The number of methoxy groups -OCH3 is 1. The summed E-state index contributed by atoms with van der Waals surface area (Å²) in [5.41, 5.74) is 0. The molecule has 0 spiro atoms. The second-order valence-electron chi connectivity index (χ2n) is 5.09. The van der Waals surface area contributed by atoms with E-state index < -0.39 is 5.97 Å². The van der Waals surface area contributed by atoms with Gasteiger partial charge in [-0.25, -0.2) is 4.79 Å². The summed E-state index contributed by atoms with van der Waals surface area (Å²) in [5, 5.41) is 3.05. The molecule has 4 nitrogen and oxygen atoms in total. The van der Waals surface area contributed by atoms with Crippen molar-refractivity contribution in [2.75, 3.05) is 7.11 Å². The molecule has 0 aromatic carbocycles. The number of amides is 1. The molecule has 1 N–H and O–H groups in total. The molecule has 0 bridgehead atoms. The average Bonchev–Trinajstić information content (AvgIpc) is 2.90. The first-order valence-electron chi connectivity index (χ1n) is 6.59. The van der Waals surface area contributed by atoms with E-state index in [9.17, 15) is 9.59 Å². The van der Waals surface area contributed by atoms with Crippen molar-refractivity contribution in [1.82, 2.24) is 5.32 Å². The Bertz CT molecular complexity index is 461. The lowest BCUT2D eigenvalue weighted by atomic mass is 9.87. The van der Waals surface area contributed by atoms with Crippen molar-refractivity contribution in [3.63, 3.8) is 0 Å². The van der Waals surface area contributed by atoms with Crippen molar-refractivity contribution in [2.45, 2.75) is 38.6 Å². The molecule has 0 atom stereocenters. The van der Waals surface area contributed by atoms with E-state index in [2.05, 4.69) is 17.0 Å². The monoisotopic (exact) mass is 281 g/mol. The maximum atomic E-state index is 12.1. The number of carbonyl (C=O) groups is 2. The highest BCUT2D eigenvalue weighted by molar-refractivity contribution is 7.15. The topological polar surface area (TPSA) is 55.4 Å². The zero-order valence-corrected chi connectivity index (χ0v) is 12.1. The van der Waals surface area contributed by atoms with Gasteiger partial charge in [0.25, 0.3) is 5.91 Å². The molecule has 0 saturated heterocycles. The second-order valence-corrected chi connectivity index (χ2v) is 6.17. The molecule has 5 heteroatoms.